The van der Waals surface area contributed by atoms with Gasteiger partial charge in [0.05, 0.1) is 0 Å². The molecule has 1 aromatic rings. The van der Waals surface area contributed by atoms with Crippen LogP contribution in [0.5, 0.6) is 0 Å². The summed E-state index contributed by atoms with van der Waals surface area (Å²) >= 11 is 0. The van der Waals surface area contributed by atoms with Crippen LogP contribution in [0, 0.1) is 18.2 Å². The molecule has 0 aliphatic carbocycles. The van der Waals surface area contributed by atoms with Gasteiger partial charge in [0.25, 0.3) is 0 Å². The second-order valence-corrected chi connectivity index (χ2v) is 4.54. The van der Waals surface area contributed by atoms with E-state index in [2.05, 4.69) is 0 Å². The zero-order chi connectivity index (χ0) is 10.9. The molecular formula is C12H15FO. The van der Waals surface area contributed by atoms with Crippen molar-refractivity contribution in [1.29, 1.82) is 0 Å². The minimum Gasteiger partial charge on any atom is -0.294 e. The van der Waals surface area contributed by atoms with E-state index in [9.17, 15) is 9.18 Å². The fourth-order valence-corrected chi connectivity index (χ4v) is 1.22. The Morgan fingerprint density at radius 3 is 2.29 bits per heavy atom. The van der Waals surface area contributed by atoms with Crippen molar-refractivity contribution < 1.29 is 9.18 Å². The standard InChI is InChI=1S/C12H15FO/c1-8-7-9(5-6-10(8)13)11(14)12(2,3)4/h5-7H,1-4H3. The van der Waals surface area contributed by atoms with Crippen molar-refractivity contribution in [1.82, 2.24) is 0 Å². The highest BCUT2D eigenvalue weighted by Crippen LogP contribution is 2.21. The van der Waals surface area contributed by atoms with Crippen LogP contribution >= 0.6 is 0 Å². The maximum Gasteiger partial charge on any atom is 0.168 e. The number of hydrogen-bond acceptors (Lipinski definition) is 1. The first-order valence-corrected chi connectivity index (χ1v) is 4.63. The summed E-state index contributed by atoms with van der Waals surface area (Å²) in [6.07, 6.45) is 0. The molecule has 0 unspecified atom stereocenters. The van der Waals surface area contributed by atoms with Crippen molar-refractivity contribution in [3.05, 3.63) is 35.1 Å². The molecule has 0 saturated heterocycles. The third-order valence-electron chi connectivity index (χ3n) is 2.10. The van der Waals surface area contributed by atoms with E-state index in [-0.39, 0.29) is 11.6 Å². The van der Waals surface area contributed by atoms with Crippen molar-refractivity contribution in [2.45, 2.75) is 27.7 Å². The Morgan fingerprint density at radius 1 is 1.29 bits per heavy atom. The van der Waals surface area contributed by atoms with Crippen molar-refractivity contribution >= 4 is 5.78 Å². The Balaban J connectivity index is 3.10. The molecule has 0 fully saturated rings. The first-order valence-electron chi connectivity index (χ1n) is 4.63. The van der Waals surface area contributed by atoms with Crippen LogP contribution in [0.2, 0.25) is 0 Å². The van der Waals surface area contributed by atoms with Crippen molar-refractivity contribution in [3.63, 3.8) is 0 Å². The molecule has 0 bridgehead atoms. The number of carbonyl (C=O) groups excluding carboxylic acids is 1. The van der Waals surface area contributed by atoms with Gasteiger partial charge in [0, 0.05) is 11.0 Å². The van der Waals surface area contributed by atoms with E-state index in [0.29, 0.717) is 11.1 Å². The average molecular weight is 194 g/mol. The van der Waals surface area contributed by atoms with E-state index < -0.39 is 5.41 Å². The lowest BCUT2D eigenvalue weighted by atomic mass is 9.86. The lowest BCUT2D eigenvalue weighted by Crippen LogP contribution is -2.20. The predicted molar refractivity (Wildman–Crippen MR) is 54.9 cm³/mol. The minimum absolute atomic E-state index is 0.0422. The van der Waals surface area contributed by atoms with Gasteiger partial charge in [-0.1, -0.05) is 20.8 Å². The molecule has 1 nitrogen and oxygen atoms in total. The molecule has 0 atom stereocenters. The van der Waals surface area contributed by atoms with Gasteiger partial charge >= 0.3 is 0 Å². The number of aryl methyl sites for hydroxylation is 1. The van der Waals surface area contributed by atoms with E-state index >= 15 is 0 Å². The van der Waals surface area contributed by atoms with Gasteiger partial charge in [-0.25, -0.2) is 4.39 Å². The molecule has 1 rings (SSSR count). The molecule has 2 heteroatoms. The minimum atomic E-state index is -0.412. The molecule has 14 heavy (non-hydrogen) atoms. The molecule has 0 amide bonds. The average Bonchev–Trinajstić information content (AvgIpc) is 2.07. The first kappa shape index (κ1) is 10.9. The van der Waals surface area contributed by atoms with Gasteiger partial charge in [-0.15, -0.1) is 0 Å². The van der Waals surface area contributed by atoms with E-state index in [1.807, 2.05) is 20.8 Å². The number of halogens is 1. The second kappa shape index (κ2) is 3.52. The third kappa shape index (κ3) is 2.19. The molecule has 0 aliphatic heterocycles. The molecule has 76 valence electrons. The summed E-state index contributed by atoms with van der Waals surface area (Å²) in [6.45, 7) is 7.23. The number of carbonyl (C=O) groups is 1. The summed E-state index contributed by atoms with van der Waals surface area (Å²) in [5.74, 6) is -0.226. The Labute approximate surface area is 83.9 Å². The van der Waals surface area contributed by atoms with Crippen LogP contribution in [0.25, 0.3) is 0 Å². The van der Waals surface area contributed by atoms with Gasteiger partial charge in [0.15, 0.2) is 5.78 Å². The van der Waals surface area contributed by atoms with Gasteiger partial charge < -0.3 is 0 Å². The summed E-state index contributed by atoms with van der Waals surface area (Å²) in [4.78, 5) is 11.8. The van der Waals surface area contributed by atoms with Crippen LogP contribution in [0.1, 0.15) is 36.7 Å². The molecule has 1 aromatic carbocycles. The Hall–Kier alpha value is -1.18. The van der Waals surface area contributed by atoms with Crippen LogP contribution in [0.15, 0.2) is 18.2 Å². The van der Waals surface area contributed by atoms with E-state index in [1.54, 1.807) is 13.0 Å². The van der Waals surface area contributed by atoms with Crippen LogP contribution < -0.4 is 0 Å². The Morgan fingerprint density at radius 2 is 1.86 bits per heavy atom. The van der Waals surface area contributed by atoms with E-state index in [0.717, 1.165) is 0 Å². The number of Topliss-reactive ketones (excluding diaryl/α,β-unsaturated/α-hetero) is 1. The molecule has 0 aromatic heterocycles. The lowest BCUT2D eigenvalue weighted by Gasteiger charge is -2.16. The number of benzene rings is 1. The van der Waals surface area contributed by atoms with Crippen molar-refractivity contribution in [3.8, 4) is 0 Å². The highest BCUT2D eigenvalue weighted by Gasteiger charge is 2.22. The summed E-state index contributed by atoms with van der Waals surface area (Å²) < 4.78 is 12.9. The highest BCUT2D eigenvalue weighted by molar-refractivity contribution is 5.99. The molecule has 0 heterocycles. The van der Waals surface area contributed by atoms with Gasteiger partial charge in [-0.2, -0.15) is 0 Å². The van der Waals surface area contributed by atoms with Crippen molar-refractivity contribution in [2.24, 2.45) is 5.41 Å². The van der Waals surface area contributed by atoms with E-state index in [4.69, 9.17) is 0 Å². The quantitative estimate of drug-likeness (QED) is 0.626. The highest BCUT2D eigenvalue weighted by atomic mass is 19.1. The fraction of sp³-hybridized carbons (Fsp3) is 0.417. The van der Waals surface area contributed by atoms with Crippen LogP contribution in [-0.4, -0.2) is 5.78 Å². The molecule has 0 spiro atoms. The molecular weight excluding hydrogens is 179 g/mol. The predicted octanol–water partition coefficient (Wildman–Crippen LogP) is 3.36. The van der Waals surface area contributed by atoms with Gasteiger partial charge in [0.2, 0.25) is 0 Å². The number of rotatable bonds is 1. The third-order valence-corrected chi connectivity index (χ3v) is 2.10. The molecule has 0 radical (unpaired) electrons. The largest absolute Gasteiger partial charge is 0.294 e. The van der Waals surface area contributed by atoms with E-state index in [1.165, 1.54) is 12.1 Å². The summed E-state index contributed by atoms with van der Waals surface area (Å²) in [6, 6.07) is 4.48. The van der Waals surface area contributed by atoms with Crippen LogP contribution in [0.4, 0.5) is 4.39 Å². The van der Waals surface area contributed by atoms with Crippen molar-refractivity contribution in [2.75, 3.05) is 0 Å². The number of hydrogen-bond donors (Lipinski definition) is 0. The smallest absolute Gasteiger partial charge is 0.168 e. The normalized spacial score (nSPS) is 11.5. The van der Waals surface area contributed by atoms with Gasteiger partial charge in [-0.3, -0.25) is 4.79 Å². The monoisotopic (exact) mass is 194 g/mol. The number of ketones is 1. The maximum absolute atomic E-state index is 12.9. The molecule has 0 aliphatic rings. The van der Waals surface area contributed by atoms with Crippen LogP contribution in [0.3, 0.4) is 0 Å². The van der Waals surface area contributed by atoms with Gasteiger partial charge in [0.1, 0.15) is 5.82 Å². The first-order chi connectivity index (χ1) is 6.32. The summed E-state index contributed by atoms with van der Waals surface area (Å²) in [5, 5.41) is 0. The zero-order valence-electron chi connectivity index (χ0n) is 9.02. The van der Waals surface area contributed by atoms with Crippen LogP contribution in [-0.2, 0) is 0 Å². The zero-order valence-corrected chi connectivity index (χ0v) is 9.02. The SMILES string of the molecule is Cc1cc(C(=O)C(C)(C)C)ccc1F. The fourth-order valence-electron chi connectivity index (χ4n) is 1.22. The maximum atomic E-state index is 12.9. The Kier molecular flexibility index (Phi) is 2.74. The summed E-state index contributed by atoms with van der Waals surface area (Å²) in [7, 11) is 0. The lowest BCUT2D eigenvalue weighted by molar-refractivity contribution is 0.0858. The Bertz CT molecular complexity index is 361. The van der Waals surface area contributed by atoms with Gasteiger partial charge in [-0.05, 0) is 30.7 Å². The summed E-state index contributed by atoms with van der Waals surface area (Å²) in [5.41, 5.74) is 0.682. The second-order valence-electron chi connectivity index (χ2n) is 4.54. The molecule has 0 N–H and O–H groups in total. The molecule has 0 saturated carbocycles. The topological polar surface area (TPSA) is 17.1 Å².